The van der Waals surface area contributed by atoms with Crippen molar-refractivity contribution in [1.29, 1.82) is 0 Å². The Morgan fingerprint density at radius 1 is 0.897 bits per heavy atom. The highest BCUT2D eigenvalue weighted by Gasteiger charge is 2.34. The molecule has 0 aromatic carbocycles. The van der Waals surface area contributed by atoms with E-state index in [0.29, 0.717) is 70.9 Å². The van der Waals surface area contributed by atoms with E-state index in [1.54, 1.807) is 0 Å². The Labute approximate surface area is 231 Å². The normalized spacial score (nSPS) is 14.7. The number of ketones is 1. The number of hydrogen-bond donors (Lipinski definition) is 5. The summed E-state index contributed by atoms with van der Waals surface area (Å²) in [5.74, 6) is -1.50. The van der Waals surface area contributed by atoms with Crippen LogP contribution >= 0.6 is 0 Å². The average Bonchev–Trinajstić information content (AvgIpc) is 3.21. The number of imide groups is 1. The van der Waals surface area contributed by atoms with Gasteiger partial charge in [0, 0.05) is 37.1 Å². The van der Waals surface area contributed by atoms with Crippen LogP contribution in [0.4, 0.5) is 4.79 Å². The van der Waals surface area contributed by atoms with E-state index in [0.717, 1.165) is 0 Å². The maximum atomic E-state index is 13.3. The monoisotopic (exact) mass is 550 g/mol. The first-order chi connectivity index (χ1) is 18.4. The van der Waals surface area contributed by atoms with Crippen LogP contribution < -0.4 is 27.4 Å². The quantitative estimate of drug-likeness (QED) is 0.110. The second-order valence-corrected chi connectivity index (χ2v) is 10.5. The van der Waals surface area contributed by atoms with Gasteiger partial charge in [0.15, 0.2) is 5.78 Å². The molecular formula is C27H46N6O6. The van der Waals surface area contributed by atoms with Crippen molar-refractivity contribution in [2.24, 2.45) is 16.9 Å². The molecule has 39 heavy (non-hydrogen) atoms. The Kier molecular flexibility index (Phi) is 15.0. The van der Waals surface area contributed by atoms with E-state index in [4.69, 9.17) is 11.5 Å². The van der Waals surface area contributed by atoms with Crippen molar-refractivity contribution in [3.05, 3.63) is 12.2 Å². The van der Waals surface area contributed by atoms with Crippen molar-refractivity contribution in [3.63, 3.8) is 0 Å². The Hall–Kier alpha value is -3.28. The summed E-state index contributed by atoms with van der Waals surface area (Å²) < 4.78 is 0. The number of carbonyl (C=O) groups is 6. The van der Waals surface area contributed by atoms with Crippen molar-refractivity contribution >= 4 is 35.4 Å². The summed E-state index contributed by atoms with van der Waals surface area (Å²) in [6, 6.07) is -2.26. The third-order valence-electron chi connectivity index (χ3n) is 6.94. The van der Waals surface area contributed by atoms with Gasteiger partial charge in [-0.3, -0.25) is 28.9 Å². The van der Waals surface area contributed by atoms with E-state index < -0.39 is 29.4 Å². The molecule has 0 aromatic rings. The molecule has 0 fully saturated rings. The second kappa shape index (κ2) is 17.3. The number of nitrogens with one attached hydrogen (secondary N) is 3. The van der Waals surface area contributed by atoms with E-state index in [9.17, 15) is 28.8 Å². The van der Waals surface area contributed by atoms with E-state index in [-0.39, 0.29) is 36.5 Å². The minimum Gasteiger partial charge on any atom is -0.352 e. The zero-order valence-corrected chi connectivity index (χ0v) is 23.6. The zero-order valence-electron chi connectivity index (χ0n) is 23.6. The van der Waals surface area contributed by atoms with Crippen molar-refractivity contribution in [2.75, 3.05) is 19.6 Å². The number of carbonyl (C=O) groups excluding carboxylic acids is 6. The summed E-state index contributed by atoms with van der Waals surface area (Å²) in [6.45, 7) is 6.58. The van der Waals surface area contributed by atoms with E-state index in [2.05, 4.69) is 16.0 Å². The standard InChI is InChI=1S/C27H46N6O6/c1-4-27(2,3)24(37)19(12-10-17-30-26(29)39)32-25(38)20(11-7-8-16-28)31-21(34)13-6-5-9-18-33-22(35)14-15-23(33)36/h14-15,19-20H,4-13,16-18,28H2,1-3H3,(H,31,34)(H,32,38)(H3,29,30,39)/t19-,20-/m0/s1. The number of hydrogen-bond acceptors (Lipinski definition) is 7. The molecule has 1 aliphatic heterocycles. The maximum absolute atomic E-state index is 13.3. The summed E-state index contributed by atoms with van der Waals surface area (Å²) in [4.78, 5) is 74.5. The molecule has 0 spiro atoms. The highest BCUT2D eigenvalue weighted by atomic mass is 16.2. The van der Waals surface area contributed by atoms with Gasteiger partial charge in [0.1, 0.15) is 6.04 Å². The molecule has 12 heteroatoms. The zero-order chi connectivity index (χ0) is 29.4. The van der Waals surface area contributed by atoms with Crippen LogP contribution in [-0.2, 0) is 24.0 Å². The summed E-state index contributed by atoms with van der Waals surface area (Å²) >= 11 is 0. The SMILES string of the molecule is CCC(C)(C)C(=O)[C@H](CCCNC(N)=O)NC(=O)[C@H](CCCCN)NC(=O)CCCCCN1C(=O)C=CC1=O. The van der Waals surface area contributed by atoms with Gasteiger partial charge in [0.2, 0.25) is 11.8 Å². The average molecular weight is 551 g/mol. The molecule has 0 aliphatic carbocycles. The van der Waals surface area contributed by atoms with Gasteiger partial charge in [-0.2, -0.15) is 0 Å². The lowest BCUT2D eigenvalue weighted by Gasteiger charge is -2.29. The number of nitrogens with zero attached hydrogens (tertiary/aromatic N) is 1. The molecule has 1 heterocycles. The molecule has 1 rings (SSSR count). The third-order valence-corrected chi connectivity index (χ3v) is 6.94. The third kappa shape index (κ3) is 12.4. The molecule has 220 valence electrons. The highest BCUT2D eigenvalue weighted by molar-refractivity contribution is 6.12. The Morgan fingerprint density at radius 2 is 1.54 bits per heavy atom. The first kappa shape index (κ1) is 33.7. The first-order valence-electron chi connectivity index (χ1n) is 13.8. The largest absolute Gasteiger partial charge is 0.352 e. The minimum atomic E-state index is -0.821. The van der Waals surface area contributed by atoms with E-state index in [1.165, 1.54) is 17.1 Å². The number of urea groups is 1. The molecule has 2 atom stereocenters. The lowest BCUT2D eigenvalue weighted by molar-refractivity contribution is -0.137. The van der Waals surface area contributed by atoms with Gasteiger partial charge in [0.05, 0.1) is 6.04 Å². The molecule has 0 unspecified atom stereocenters. The molecule has 0 saturated carbocycles. The molecule has 0 saturated heterocycles. The van der Waals surface area contributed by atoms with Gasteiger partial charge >= 0.3 is 6.03 Å². The smallest absolute Gasteiger partial charge is 0.312 e. The van der Waals surface area contributed by atoms with Gasteiger partial charge in [0.25, 0.3) is 11.8 Å². The van der Waals surface area contributed by atoms with Gasteiger partial charge in [-0.1, -0.05) is 27.2 Å². The van der Waals surface area contributed by atoms with E-state index in [1.807, 2.05) is 20.8 Å². The number of nitrogens with two attached hydrogens (primary N) is 2. The van der Waals surface area contributed by atoms with Gasteiger partial charge in [-0.05, 0) is 57.9 Å². The van der Waals surface area contributed by atoms with Crippen LogP contribution in [0.25, 0.3) is 0 Å². The van der Waals surface area contributed by atoms with Crippen molar-refractivity contribution < 1.29 is 28.8 Å². The topological polar surface area (TPSA) is 194 Å². The van der Waals surface area contributed by atoms with Crippen molar-refractivity contribution in [3.8, 4) is 0 Å². The molecule has 0 radical (unpaired) electrons. The number of Topliss-reactive ketones (excluding diaryl/α,β-unsaturated/α-hetero) is 1. The Morgan fingerprint density at radius 3 is 2.13 bits per heavy atom. The number of unbranched alkanes of at least 4 members (excludes halogenated alkanes) is 3. The van der Waals surface area contributed by atoms with Crippen LogP contribution in [0.2, 0.25) is 0 Å². The molecule has 0 aromatic heterocycles. The van der Waals surface area contributed by atoms with Crippen molar-refractivity contribution in [2.45, 2.75) is 97.1 Å². The van der Waals surface area contributed by atoms with Crippen LogP contribution in [0.3, 0.4) is 0 Å². The Balaban J connectivity index is 2.71. The Bertz CT molecular complexity index is 885. The van der Waals surface area contributed by atoms with Crippen LogP contribution in [0.1, 0.15) is 85.0 Å². The van der Waals surface area contributed by atoms with Gasteiger partial charge < -0.3 is 27.4 Å². The van der Waals surface area contributed by atoms with Crippen molar-refractivity contribution in [1.82, 2.24) is 20.9 Å². The second-order valence-electron chi connectivity index (χ2n) is 10.5. The van der Waals surface area contributed by atoms with E-state index >= 15 is 0 Å². The fourth-order valence-corrected chi connectivity index (χ4v) is 4.12. The predicted octanol–water partition coefficient (Wildman–Crippen LogP) is 1.02. The minimum absolute atomic E-state index is 0.116. The summed E-state index contributed by atoms with van der Waals surface area (Å²) in [5.41, 5.74) is 10.0. The maximum Gasteiger partial charge on any atom is 0.312 e. The predicted molar refractivity (Wildman–Crippen MR) is 147 cm³/mol. The first-order valence-corrected chi connectivity index (χ1v) is 13.8. The molecule has 7 N–H and O–H groups in total. The lowest BCUT2D eigenvalue weighted by Crippen LogP contribution is -2.53. The van der Waals surface area contributed by atoms with Gasteiger partial charge in [-0.25, -0.2) is 4.79 Å². The van der Waals surface area contributed by atoms with Crippen LogP contribution in [0, 0.1) is 5.41 Å². The molecular weight excluding hydrogens is 504 g/mol. The number of amides is 6. The summed E-state index contributed by atoms with van der Waals surface area (Å²) in [6.07, 6.45) is 7.45. The van der Waals surface area contributed by atoms with Crippen LogP contribution in [0.15, 0.2) is 12.2 Å². The van der Waals surface area contributed by atoms with Crippen LogP contribution in [-0.4, -0.2) is 72.1 Å². The number of rotatable bonds is 20. The fourth-order valence-electron chi connectivity index (χ4n) is 4.12. The molecule has 12 nitrogen and oxygen atoms in total. The highest BCUT2D eigenvalue weighted by Crippen LogP contribution is 2.24. The summed E-state index contributed by atoms with van der Waals surface area (Å²) in [5, 5.41) is 8.12. The van der Waals surface area contributed by atoms with Gasteiger partial charge in [-0.15, -0.1) is 0 Å². The molecule has 6 amide bonds. The fraction of sp³-hybridized carbons (Fsp3) is 0.704. The number of primary amides is 1. The lowest BCUT2D eigenvalue weighted by atomic mass is 9.80. The van der Waals surface area contributed by atoms with Crippen LogP contribution in [0.5, 0.6) is 0 Å². The molecule has 0 bridgehead atoms. The molecule has 1 aliphatic rings. The summed E-state index contributed by atoms with van der Waals surface area (Å²) in [7, 11) is 0.